The van der Waals surface area contributed by atoms with Crippen LogP contribution in [0.25, 0.3) is 0 Å². The van der Waals surface area contributed by atoms with Crippen LogP contribution in [-0.2, 0) is 22.5 Å². The fourth-order valence-corrected chi connectivity index (χ4v) is 7.13. The van der Waals surface area contributed by atoms with E-state index in [0.717, 1.165) is 35.5 Å². The summed E-state index contributed by atoms with van der Waals surface area (Å²) in [5.41, 5.74) is 10.8. The van der Waals surface area contributed by atoms with E-state index < -0.39 is 18.0 Å². The van der Waals surface area contributed by atoms with Crippen molar-refractivity contribution in [1.82, 2.24) is 20.2 Å². The fourth-order valence-electron chi connectivity index (χ4n) is 5.85. The van der Waals surface area contributed by atoms with Crippen LogP contribution in [0.2, 0.25) is 0 Å². The van der Waals surface area contributed by atoms with Crippen LogP contribution in [0, 0.1) is 0 Å². The molecule has 0 radical (unpaired) electrons. The number of hydrogen-bond donors (Lipinski definition) is 5. The molecule has 256 valence electrons. The Hall–Kier alpha value is -3.85. The smallest absolute Gasteiger partial charge is 0.397 e. The Labute approximate surface area is 297 Å². The second-order valence-electron chi connectivity index (χ2n) is 12.2. The number of para-hydroxylation sites is 3. The van der Waals surface area contributed by atoms with E-state index in [1.165, 1.54) is 0 Å². The van der Waals surface area contributed by atoms with E-state index >= 15 is 0 Å². The van der Waals surface area contributed by atoms with Crippen LogP contribution in [-0.4, -0.2) is 91.8 Å². The summed E-state index contributed by atoms with van der Waals surface area (Å²) in [6.07, 6.45) is 1.51. The molecule has 0 unspecified atom stereocenters. The Bertz CT molecular complexity index is 1590. The average molecular weight is 787 g/mol. The molecular weight excluding hydrogens is 744 g/mol. The lowest BCUT2D eigenvalue weighted by molar-refractivity contribution is -0.125. The maximum Gasteiger partial charge on any atom is 0.426 e. The van der Waals surface area contributed by atoms with Crippen molar-refractivity contribution >= 4 is 72.6 Å². The summed E-state index contributed by atoms with van der Waals surface area (Å²) in [5, 5.41) is 13.8. The summed E-state index contributed by atoms with van der Waals surface area (Å²) in [6.45, 7) is 3.03. The second-order valence-corrected chi connectivity index (χ2v) is 13.9. The van der Waals surface area contributed by atoms with Crippen LogP contribution < -0.4 is 27.0 Å². The Morgan fingerprint density at radius 2 is 1.69 bits per heavy atom. The summed E-state index contributed by atoms with van der Waals surface area (Å²) in [4.78, 5) is 49.7. The van der Waals surface area contributed by atoms with E-state index in [4.69, 9.17) is 10.6 Å². The highest BCUT2D eigenvalue weighted by Gasteiger charge is 2.32. The number of hydroxylamine groups is 2. The summed E-state index contributed by atoms with van der Waals surface area (Å²) in [5.74, 6) is -0.398. The van der Waals surface area contributed by atoms with Gasteiger partial charge < -0.3 is 41.6 Å². The highest BCUT2D eigenvalue weighted by Crippen LogP contribution is 2.30. The van der Waals surface area contributed by atoms with Gasteiger partial charge in [-0.25, -0.2) is 9.59 Å². The maximum atomic E-state index is 13.8. The molecule has 2 aliphatic heterocycles. The molecule has 1 fully saturated rings. The molecule has 0 saturated carbocycles. The summed E-state index contributed by atoms with van der Waals surface area (Å²) in [7, 11) is 3.99. The number of halogens is 2. The Morgan fingerprint density at radius 3 is 2.40 bits per heavy atom. The highest BCUT2D eigenvalue weighted by molar-refractivity contribution is 9.11. The largest absolute Gasteiger partial charge is 0.426 e. The van der Waals surface area contributed by atoms with E-state index in [1.807, 2.05) is 79.7 Å². The Morgan fingerprint density at radius 1 is 1.02 bits per heavy atom. The monoisotopic (exact) mass is 784 g/mol. The lowest BCUT2D eigenvalue weighted by atomic mass is 10.0. The fraction of sp³-hybridized carbons (Fsp3) is 0.382. The van der Waals surface area contributed by atoms with E-state index in [9.17, 15) is 14.4 Å². The van der Waals surface area contributed by atoms with Crippen LogP contribution in [0.4, 0.5) is 32.3 Å². The van der Waals surface area contributed by atoms with E-state index in [1.54, 1.807) is 5.06 Å². The number of anilines is 4. The van der Waals surface area contributed by atoms with Crippen molar-refractivity contribution < 1.29 is 19.2 Å². The van der Waals surface area contributed by atoms with E-state index in [2.05, 4.69) is 58.0 Å². The minimum atomic E-state index is -0.963. The maximum absolute atomic E-state index is 13.8. The van der Waals surface area contributed by atoms with Crippen molar-refractivity contribution in [2.45, 2.75) is 37.8 Å². The first-order valence-electron chi connectivity index (χ1n) is 16.0. The van der Waals surface area contributed by atoms with Gasteiger partial charge in [-0.2, -0.15) is 0 Å². The summed E-state index contributed by atoms with van der Waals surface area (Å²) in [6, 6.07) is 17.9. The number of fused-ring (bicyclic) bond motifs is 1. The molecule has 0 aliphatic carbocycles. The van der Waals surface area contributed by atoms with Gasteiger partial charge in [-0.05, 0) is 107 Å². The van der Waals surface area contributed by atoms with Crippen molar-refractivity contribution in [1.29, 1.82) is 0 Å². The standard InChI is InChI=1S/C34H42Br2N8O4/c1-42(2)18-14-38-28-9-5-6-10-29(28)39-32(45)30(21-22-19-25(35)31(37)26(36)20-22)41-34(47)48-43-15-12-24(13-16-43)44-17-11-23-7-3-4-8-27(23)40-33(44)46/h3-10,19-20,24,30,38H,11-18,21,37H2,1-2H3,(H,39,45)(H,40,46)(H,41,47)/t30-/m1/s1. The van der Waals surface area contributed by atoms with Gasteiger partial charge in [-0.1, -0.05) is 30.3 Å². The molecule has 2 aliphatic rings. The number of nitrogens with two attached hydrogens (primary N) is 1. The number of piperidine rings is 1. The quantitative estimate of drug-likeness (QED) is 0.160. The molecular formula is C34H42Br2N8O4. The number of urea groups is 1. The van der Waals surface area contributed by atoms with Crippen LogP contribution in [0.15, 0.2) is 69.6 Å². The average Bonchev–Trinajstić information content (AvgIpc) is 3.22. The minimum absolute atomic E-state index is 0.0227. The second kappa shape index (κ2) is 16.5. The van der Waals surface area contributed by atoms with Gasteiger partial charge in [-0.3, -0.25) is 4.79 Å². The molecule has 1 atom stereocenters. The topological polar surface area (TPSA) is 144 Å². The lowest BCUT2D eigenvalue weighted by Gasteiger charge is -2.37. The van der Waals surface area contributed by atoms with Gasteiger partial charge in [0.1, 0.15) is 6.04 Å². The first-order chi connectivity index (χ1) is 23.1. The number of rotatable bonds is 11. The SMILES string of the molecule is CN(C)CCNc1ccccc1NC(=O)[C@@H](Cc1cc(Br)c(N)c(Br)c1)NC(=O)ON1CCC(N2CCc3ccccc3NC2=O)CC1. The highest BCUT2D eigenvalue weighted by atomic mass is 79.9. The van der Waals surface area contributed by atoms with Crippen LogP contribution in [0.5, 0.6) is 0 Å². The van der Waals surface area contributed by atoms with Gasteiger partial charge >= 0.3 is 12.1 Å². The molecule has 3 aromatic rings. The van der Waals surface area contributed by atoms with Gasteiger partial charge in [0.25, 0.3) is 0 Å². The Balaban J connectivity index is 1.21. The number of carbonyl (C=O) groups excluding carboxylic acids is 3. The molecule has 0 bridgehead atoms. The number of nitrogens with zero attached hydrogens (tertiary/aromatic N) is 3. The van der Waals surface area contributed by atoms with Crippen molar-refractivity contribution in [3.05, 3.63) is 80.7 Å². The zero-order valence-electron chi connectivity index (χ0n) is 27.1. The zero-order chi connectivity index (χ0) is 34.2. The number of carbonyl (C=O) groups is 3. The van der Waals surface area contributed by atoms with Gasteiger partial charge in [0.05, 0.1) is 17.1 Å². The number of nitrogens with one attached hydrogen (secondary N) is 4. The molecule has 2 heterocycles. The lowest BCUT2D eigenvalue weighted by Crippen LogP contribution is -2.51. The van der Waals surface area contributed by atoms with Crippen molar-refractivity contribution in [3.63, 3.8) is 0 Å². The first kappa shape index (κ1) is 35.5. The molecule has 1 saturated heterocycles. The molecule has 5 rings (SSSR count). The Kier molecular flexibility index (Phi) is 12.2. The van der Waals surface area contributed by atoms with E-state index in [0.29, 0.717) is 59.3 Å². The first-order valence-corrected chi connectivity index (χ1v) is 17.6. The van der Waals surface area contributed by atoms with Crippen LogP contribution in [0.3, 0.4) is 0 Å². The normalized spacial score (nSPS) is 16.0. The van der Waals surface area contributed by atoms with Crippen molar-refractivity contribution in [2.75, 3.05) is 68.5 Å². The van der Waals surface area contributed by atoms with Gasteiger partial charge in [-0.15, -0.1) is 5.06 Å². The van der Waals surface area contributed by atoms with Gasteiger partial charge in [0, 0.05) is 59.8 Å². The number of hydrogen-bond acceptors (Lipinski definition) is 8. The summed E-state index contributed by atoms with van der Waals surface area (Å²) >= 11 is 6.95. The third kappa shape index (κ3) is 9.40. The number of nitrogen functional groups attached to an aromatic ring is 1. The van der Waals surface area contributed by atoms with Gasteiger partial charge in [0.2, 0.25) is 5.91 Å². The van der Waals surface area contributed by atoms with E-state index in [-0.39, 0.29) is 18.5 Å². The third-order valence-electron chi connectivity index (χ3n) is 8.46. The number of amides is 4. The zero-order valence-corrected chi connectivity index (χ0v) is 30.3. The third-order valence-corrected chi connectivity index (χ3v) is 9.78. The van der Waals surface area contributed by atoms with Crippen LogP contribution >= 0.6 is 31.9 Å². The predicted octanol–water partition coefficient (Wildman–Crippen LogP) is 5.51. The molecule has 0 spiro atoms. The molecule has 3 aromatic carbocycles. The molecule has 0 aromatic heterocycles. The molecule has 6 N–H and O–H groups in total. The number of likely N-dealkylation sites (N-methyl/N-ethyl adjacent to an activating group) is 1. The predicted molar refractivity (Wildman–Crippen MR) is 196 cm³/mol. The number of benzene rings is 3. The van der Waals surface area contributed by atoms with Crippen molar-refractivity contribution in [2.24, 2.45) is 0 Å². The molecule has 14 heteroatoms. The molecule has 12 nitrogen and oxygen atoms in total. The molecule has 48 heavy (non-hydrogen) atoms. The van der Waals surface area contributed by atoms with Gasteiger partial charge in [0.15, 0.2) is 0 Å². The summed E-state index contributed by atoms with van der Waals surface area (Å²) < 4.78 is 1.35. The minimum Gasteiger partial charge on any atom is -0.397 e. The van der Waals surface area contributed by atoms with Crippen molar-refractivity contribution in [3.8, 4) is 0 Å². The van der Waals surface area contributed by atoms with Crippen LogP contribution in [0.1, 0.15) is 24.0 Å². The molecule has 4 amide bonds.